The van der Waals surface area contributed by atoms with Crippen LogP contribution in [0.15, 0.2) is 200 Å². The SMILES string of the molecule is CCCCCCc1nc2ccccc2nc1-c1ccc(-c2ccc(N(c3ccc(-c4ccccc4)cc3)c3ccc(-c4ccc(-c5nc6ccccc6nc5CCCCCC)cc4)cc3)cc2)cc1. The average Bonchev–Trinajstić information content (AvgIpc) is 3.41. The maximum absolute atomic E-state index is 5.15. The van der Waals surface area contributed by atoms with Crippen molar-refractivity contribution in [3.63, 3.8) is 0 Å². The zero-order valence-corrected chi connectivity index (χ0v) is 39.9. The van der Waals surface area contributed by atoms with Crippen LogP contribution in [0.3, 0.4) is 0 Å². The lowest BCUT2D eigenvalue weighted by molar-refractivity contribution is 0.661. The Morgan fingerprint density at radius 3 is 0.913 bits per heavy atom. The molecule has 0 unspecified atom stereocenters. The second-order valence-electron chi connectivity index (χ2n) is 18.1. The molecule has 0 N–H and O–H groups in total. The Kier molecular flexibility index (Phi) is 14.0. The first-order chi connectivity index (χ1) is 34.1. The van der Waals surface area contributed by atoms with Gasteiger partial charge in [0.05, 0.1) is 44.8 Å². The Morgan fingerprint density at radius 1 is 0.275 bits per heavy atom. The summed E-state index contributed by atoms with van der Waals surface area (Å²) in [7, 11) is 0. The third-order valence-electron chi connectivity index (χ3n) is 13.3. The third-order valence-corrected chi connectivity index (χ3v) is 13.3. The van der Waals surface area contributed by atoms with Gasteiger partial charge in [0.25, 0.3) is 0 Å². The number of para-hydroxylation sites is 4. The van der Waals surface area contributed by atoms with Gasteiger partial charge in [0, 0.05) is 28.2 Å². The number of fused-ring (bicyclic) bond motifs is 2. The van der Waals surface area contributed by atoms with E-state index in [-0.39, 0.29) is 0 Å². The molecule has 0 saturated carbocycles. The minimum Gasteiger partial charge on any atom is -0.311 e. The van der Waals surface area contributed by atoms with E-state index in [9.17, 15) is 0 Å². The van der Waals surface area contributed by atoms with Crippen LogP contribution in [0.2, 0.25) is 0 Å². The van der Waals surface area contributed by atoms with Crippen LogP contribution in [0.5, 0.6) is 0 Å². The van der Waals surface area contributed by atoms with Crippen LogP contribution in [0.25, 0.3) is 78.0 Å². The topological polar surface area (TPSA) is 54.8 Å². The minimum atomic E-state index is 0.931. The Bertz CT molecular complexity index is 3070. The van der Waals surface area contributed by atoms with E-state index in [1.54, 1.807) is 0 Å². The maximum atomic E-state index is 5.15. The largest absolute Gasteiger partial charge is 0.311 e. The van der Waals surface area contributed by atoms with Gasteiger partial charge in [0.1, 0.15) is 0 Å². The Hall–Kier alpha value is -7.76. The number of aryl methyl sites for hydroxylation is 2. The van der Waals surface area contributed by atoms with Gasteiger partial charge in [-0.15, -0.1) is 0 Å². The number of hydrogen-bond acceptors (Lipinski definition) is 5. The molecule has 10 aromatic rings. The number of nitrogens with zero attached hydrogens (tertiary/aromatic N) is 5. The molecule has 10 rings (SSSR count). The van der Waals surface area contributed by atoms with Crippen LogP contribution in [0.1, 0.15) is 76.6 Å². The summed E-state index contributed by atoms with van der Waals surface area (Å²) >= 11 is 0. The van der Waals surface area contributed by atoms with Gasteiger partial charge < -0.3 is 4.90 Å². The average molecular weight is 898 g/mol. The Labute approximate surface area is 407 Å². The van der Waals surface area contributed by atoms with Crippen molar-refractivity contribution in [2.75, 3.05) is 4.90 Å². The van der Waals surface area contributed by atoms with Crippen LogP contribution in [-0.4, -0.2) is 19.9 Å². The number of anilines is 3. The number of hydrogen-bond donors (Lipinski definition) is 0. The molecule has 0 spiro atoms. The Morgan fingerprint density at radius 2 is 0.565 bits per heavy atom. The van der Waals surface area contributed by atoms with Gasteiger partial charge in [-0.2, -0.15) is 0 Å². The smallest absolute Gasteiger partial charge is 0.0925 e. The van der Waals surface area contributed by atoms with Crippen molar-refractivity contribution in [1.29, 1.82) is 0 Å². The van der Waals surface area contributed by atoms with E-state index in [0.29, 0.717) is 0 Å². The van der Waals surface area contributed by atoms with Crippen LogP contribution >= 0.6 is 0 Å². The first-order valence-electron chi connectivity index (χ1n) is 25.0. The molecule has 69 heavy (non-hydrogen) atoms. The van der Waals surface area contributed by atoms with Gasteiger partial charge in [-0.3, -0.25) is 0 Å². The molecule has 0 amide bonds. The molecule has 0 radical (unpaired) electrons. The molecule has 340 valence electrons. The summed E-state index contributed by atoms with van der Waals surface area (Å²) in [6.07, 6.45) is 11.4. The van der Waals surface area contributed by atoms with Crippen molar-refractivity contribution >= 4 is 39.1 Å². The fourth-order valence-electron chi connectivity index (χ4n) is 9.45. The highest BCUT2D eigenvalue weighted by Crippen LogP contribution is 2.39. The van der Waals surface area contributed by atoms with Crippen molar-refractivity contribution in [2.45, 2.75) is 78.1 Å². The van der Waals surface area contributed by atoms with Crippen molar-refractivity contribution in [3.05, 3.63) is 212 Å². The number of benzene rings is 8. The van der Waals surface area contributed by atoms with Crippen LogP contribution in [0.4, 0.5) is 17.1 Å². The minimum absolute atomic E-state index is 0.931. The van der Waals surface area contributed by atoms with Gasteiger partial charge >= 0.3 is 0 Å². The fourth-order valence-corrected chi connectivity index (χ4v) is 9.45. The summed E-state index contributed by atoms with van der Waals surface area (Å²) < 4.78 is 0. The summed E-state index contributed by atoms with van der Waals surface area (Å²) in [6.45, 7) is 4.51. The number of unbranched alkanes of at least 4 members (excludes halogenated alkanes) is 6. The van der Waals surface area contributed by atoms with Gasteiger partial charge in [-0.25, -0.2) is 19.9 Å². The lowest BCUT2D eigenvalue weighted by atomic mass is 9.99. The summed E-state index contributed by atoms with van der Waals surface area (Å²) in [5.74, 6) is 0. The lowest BCUT2D eigenvalue weighted by Gasteiger charge is -2.26. The molecular formula is C64H59N5. The predicted molar refractivity (Wildman–Crippen MR) is 290 cm³/mol. The normalized spacial score (nSPS) is 11.3. The summed E-state index contributed by atoms with van der Waals surface area (Å²) in [5, 5.41) is 0. The zero-order valence-electron chi connectivity index (χ0n) is 39.9. The molecule has 0 atom stereocenters. The van der Waals surface area contributed by atoms with Gasteiger partial charge in [0.2, 0.25) is 0 Å². The third kappa shape index (κ3) is 10.4. The van der Waals surface area contributed by atoms with Gasteiger partial charge in [-0.05, 0) is 120 Å². The molecule has 0 aliphatic carbocycles. The Balaban J connectivity index is 0.924. The number of aromatic nitrogens is 4. The van der Waals surface area contributed by atoms with E-state index in [0.717, 1.165) is 121 Å². The maximum Gasteiger partial charge on any atom is 0.0925 e. The van der Waals surface area contributed by atoms with E-state index in [2.05, 4.69) is 195 Å². The van der Waals surface area contributed by atoms with Gasteiger partial charge in [0.15, 0.2) is 0 Å². The zero-order chi connectivity index (χ0) is 46.8. The molecule has 0 saturated heterocycles. The highest BCUT2D eigenvalue weighted by Gasteiger charge is 2.17. The van der Waals surface area contributed by atoms with Crippen molar-refractivity contribution in [1.82, 2.24) is 19.9 Å². The van der Waals surface area contributed by atoms with Crippen LogP contribution < -0.4 is 4.90 Å². The molecule has 2 heterocycles. The molecule has 0 fully saturated rings. The standard InChI is InChI=1S/C64H59N5/c1-3-5-7-12-24-61-63(67-59-22-16-14-20-57(59)65-61)52-30-26-47(27-31-52)50-36-42-55(43-37-50)69(54-40-34-49(35-41-54)46-18-10-9-11-19-46)56-44-38-51(39-45-56)48-28-32-53(33-29-48)64-62(25-13-8-6-4-2)66-58-21-15-17-23-60(58)68-64/h9-11,14-23,26-45H,3-8,12-13,24-25H2,1-2H3. The first-order valence-corrected chi connectivity index (χ1v) is 25.0. The fraction of sp³-hybridized carbons (Fsp3) is 0.188. The van der Waals surface area contributed by atoms with E-state index >= 15 is 0 Å². The van der Waals surface area contributed by atoms with Crippen molar-refractivity contribution < 1.29 is 0 Å². The summed E-state index contributed by atoms with van der Waals surface area (Å²) in [4.78, 5) is 22.9. The van der Waals surface area contributed by atoms with E-state index in [1.165, 1.54) is 49.7 Å². The summed E-state index contributed by atoms with van der Waals surface area (Å²) in [6, 6.07) is 71.4. The predicted octanol–water partition coefficient (Wildman–Crippen LogP) is 17.6. The van der Waals surface area contributed by atoms with Crippen LogP contribution in [-0.2, 0) is 12.8 Å². The highest BCUT2D eigenvalue weighted by atomic mass is 15.1. The number of rotatable bonds is 18. The molecule has 2 aromatic heterocycles. The van der Waals surface area contributed by atoms with E-state index in [4.69, 9.17) is 19.9 Å². The summed E-state index contributed by atoms with van der Waals surface area (Å²) in [5.41, 5.74) is 20.4. The van der Waals surface area contributed by atoms with Crippen LogP contribution in [0, 0.1) is 0 Å². The molecule has 8 aromatic carbocycles. The monoisotopic (exact) mass is 897 g/mol. The second-order valence-corrected chi connectivity index (χ2v) is 18.1. The molecule has 0 bridgehead atoms. The lowest BCUT2D eigenvalue weighted by Crippen LogP contribution is -2.09. The van der Waals surface area contributed by atoms with Crippen molar-refractivity contribution in [2.24, 2.45) is 0 Å². The van der Waals surface area contributed by atoms with E-state index in [1.807, 2.05) is 24.3 Å². The first kappa shape index (κ1) is 45.0. The molecule has 5 heteroatoms. The molecule has 0 aliphatic rings. The quantitative estimate of drug-likeness (QED) is 0.0803. The van der Waals surface area contributed by atoms with E-state index < -0.39 is 0 Å². The highest BCUT2D eigenvalue weighted by molar-refractivity contribution is 5.83. The van der Waals surface area contributed by atoms with Crippen molar-refractivity contribution in [3.8, 4) is 55.9 Å². The molecule has 0 aliphatic heterocycles. The van der Waals surface area contributed by atoms with Gasteiger partial charge in [-0.1, -0.05) is 192 Å². The second kappa shape index (κ2) is 21.5. The molecule has 5 nitrogen and oxygen atoms in total. The molecular weight excluding hydrogens is 839 g/mol.